The molecule has 0 bridgehead atoms. The van der Waals surface area contributed by atoms with Gasteiger partial charge in [-0.3, -0.25) is 4.79 Å². The maximum absolute atomic E-state index is 15.0. The molecule has 0 aromatic heterocycles. The number of carbonyl (C=O) groups excluding carboxylic acids is 1. The third-order valence-electron chi connectivity index (χ3n) is 4.94. The van der Waals surface area contributed by atoms with Gasteiger partial charge in [-0.1, -0.05) is 19.1 Å². The zero-order valence-corrected chi connectivity index (χ0v) is 17.8. The van der Waals surface area contributed by atoms with Crippen molar-refractivity contribution < 1.29 is 36.6 Å². The fourth-order valence-electron chi connectivity index (χ4n) is 3.04. The van der Waals surface area contributed by atoms with Crippen LogP contribution in [0.1, 0.15) is 30.6 Å². The Morgan fingerprint density at radius 2 is 1.91 bits per heavy atom. The second-order valence-corrected chi connectivity index (χ2v) is 7.21. The molecule has 0 aliphatic carbocycles. The van der Waals surface area contributed by atoms with E-state index in [1.165, 1.54) is 30.1 Å². The van der Waals surface area contributed by atoms with Crippen molar-refractivity contribution in [2.45, 2.75) is 38.9 Å². The summed E-state index contributed by atoms with van der Waals surface area (Å²) < 4.78 is 73.2. The van der Waals surface area contributed by atoms with E-state index in [1.807, 2.05) is 0 Å². The highest BCUT2D eigenvalue weighted by Crippen LogP contribution is 2.35. The van der Waals surface area contributed by atoms with Crippen LogP contribution in [0.15, 0.2) is 41.5 Å². The molecule has 33 heavy (non-hydrogen) atoms. The monoisotopic (exact) mass is 472 g/mol. The lowest BCUT2D eigenvalue weighted by Gasteiger charge is -2.26. The summed E-state index contributed by atoms with van der Waals surface area (Å²) in [6.07, 6.45) is -8.17. The predicted molar refractivity (Wildman–Crippen MR) is 111 cm³/mol. The van der Waals surface area contributed by atoms with Gasteiger partial charge in [0.1, 0.15) is 28.9 Å². The fourth-order valence-corrected chi connectivity index (χ4v) is 3.04. The summed E-state index contributed by atoms with van der Waals surface area (Å²) in [6, 6.07) is 6.59. The summed E-state index contributed by atoms with van der Waals surface area (Å²) in [7, 11) is 1.50. The summed E-state index contributed by atoms with van der Waals surface area (Å²) in [6.45, 7) is 2.46. The number of ether oxygens (including phenoxy) is 1. The van der Waals surface area contributed by atoms with E-state index < -0.39 is 53.2 Å². The molecule has 0 radical (unpaired) electrons. The smallest absolute Gasteiger partial charge is 0.425 e. The van der Waals surface area contributed by atoms with Crippen molar-refractivity contribution in [3.05, 3.63) is 53.6 Å². The van der Waals surface area contributed by atoms with Crippen molar-refractivity contribution in [1.29, 1.82) is 0 Å². The highest BCUT2D eigenvalue weighted by molar-refractivity contribution is 6.06. The average molecular weight is 472 g/mol. The summed E-state index contributed by atoms with van der Waals surface area (Å²) in [5, 5.41) is 17.5. The molecule has 2 aromatic carbocycles. The van der Waals surface area contributed by atoms with Crippen LogP contribution in [0.4, 0.5) is 33.3 Å². The lowest BCUT2D eigenvalue weighted by Crippen LogP contribution is -2.39. The summed E-state index contributed by atoms with van der Waals surface area (Å²) in [5.74, 6) is -3.17. The molecule has 12 heteroatoms. The van der Waals surface area contributed by atoms with Gasteiger partial charge >= 0.3 is 6.18 Å². The molecule has 0 spiro atoms. The Labute approximate surface area is 186 Å². The number of nitrogens with zero attached hydrogens (tertiary/aromatic N) is 3. The third kappa shape index (κ3) is 5.00. The van der Waals surface area contributed by atoms with Crippen molar-refractivity contribution in [3.8, 4) is 5.75 Å². The number of rotatable bonds is 6. The van der Waals surface area contributed by atoms with Crippen LogP contribution in [0.25, 0.3) is 0 Å². The number of carbonyl (C=O) groups is 1. The quantitative estimate of drug-likeness (QED) is 0.614. The number of hydrazone groups is 1. The minimum absolute atomic E-state index is 0.254. The van der Waals surface area contributed by atoms with E-state index >= 15 is 0 Å². The number of para-hydroxylation sites is 1. The molecular weight excluding hydrogens is 451 g/mol. The zero-order valence-electron chi connectivity index (χ0n) is 17.8. The number of aliphatic hydroxyl groups excluding tert-OH is 1. The molecular formula is C21H21F5N4O3. The molecule has 0 saturated carbocycles. The SMILES string of the molecule is CCC1=NN(c2cc(O[C@@H](C)C(F)(F)F)c(C(=O)Nc3ccccc3F)cc2F)[C@@H](O)N1C. The van der Waals surface area contributed by atoms with Gasteiger partial charge in [-0.15, -0.1) is 0 Å². The topological polar surface area (TPSA) is 77.4 Å². The normalized spacial score (nSPS) is 17.1. The molecule has 1 aliphatic heterocycles. The maximum atomic E-state index is 15.0. The van der Waals surface area contributed by atoms with Crippen LogP contribution in [0, 0.1) is 11.6 Å². The fraction of sp³-hybridized carbons (Fsp3) is 0.333. The highest BCUT2D eigenvalue weighted by atomic mass is 19.4. The minimum Gasteiger partial charge on any atom is -0.480 e. The molecule has 0 fully saturated rings. The third-order valence-corrected chi connectivity index (χ3v) is 4.94. The van der Waals surface area contributed by atoms with Gasteiger partial charge in [0.25, 0.3) is 5.91 Å². The minimum atomic E-state index is -4.78. The van der Waals surface area contributed by atoms with Crippen LogP contribution in [-0.2, 0) is 0 Å². The van der Waals surface area contributed by atoms with E-state index in [4.69, 9.17) is 4.74 Å². The van der Waals surface area contributed by atoms with E-state index in [0.717, 1.165) is 17.1 Å². The van der Waals surface area contributed by atoms with Gasteiger partial charge in [-0.25, -0.2) is 13.8 Å². The van der Waals surface area contributed by atoms with Crippen LogP contribution in [0.5, 0.6) is 5.75 Å². The van der Waals surface area contributed by atoms with Crippen molar-refractivity contribution in [2.75, 3.05) is 17.4 Å². The number of nitrogens with one attached hydrogen (secondary N) is 1. The summed E-state index contributed by atoms with van der Waals surface area (Å²) in [5.41, 5.74) is -1.27. The van der Waals surface area contributed by atoms with E-state index in [-0.39, 0.29) is 5.69 Å². The second-order valence-electron chi connectivity index (χ2n) is 7.21. The molecule has 0 saturated heterocycles. The molecule has 2 N–H and O–H groups in total. The van der Waals surface area contributed by atoms with Crippen LogP contribution in [0.2, 0.25) is 0 Å². The molecule has 1 amide bonds. The average Bonchev–Trinajstić information content (AvgIpc) is 3.03. The lowest BCUT2D eigenvalue weighted by molar-refractivity contribution is -0.189. The first kappa shape index (κ1) is 24.2. The molecule has 1 heterocycles. The first-order valence-corrected chi connectivity index (χ1v) is 9.84. The van der Waals surface area contributed by atoms with Crippen molar-refractivity contribution in [2.24, 2.45) is 5.10 Å². The maximum Gasteiger partial charge on any atom is 0.425 e. The number of hydrogen-bond acceptors (Lipinski definition) is 6. The largest absolute Gasteiger partial charge is 0.480 e. The van der Waals surface area contributed by atoms with E-state index in [1.54, 1.807) is 6.92 Å². The Kier molecular flexibility index (Phi) is 6.77. The van der Waals surface area contributed by atoms with E-state index in [2.05, 4.69) is 10.4 Å². The lowest BCUT2D eigenvalue weighted by atomic mass is 10.1. The van der Waals surface area contributed by atoms with Gasteiger partial charge in [-0.05, 0) is 25.1 Å². The van der Waals surface area contributed by atoms with Gasteiger partial charge in [0.2, 0.25) is 6.35 Å². The van der Waals surface area contributed by atoms with Crippen LogP contribution >= 0.6 is 0 Å². The molecule has 7 nitrogen and oxygen atoms in total. The van der Waals surface area contributed by atoms with Gasteiger partial charge in [0.15, 0.2) is 6.10 Å². The molecule has 178 valence electrons. The van der Waals surface area contributed by atoms with Gasteiger partial charge in [0.05, 0.1) is 11.3 Å². The first-order chi connectivity index (χ1) is 15.4. The molecule has 0 unspecified atom stereocenters. The Morgan fingerprint density at radius 3 is 2.48 bits per heavy atom. The first-order valence-electron chi connectivity index (χ1n) is 9.84. The van der Waals surface area contributed by atoms with Crippen LogP contribution in [-0.4, -0.2) is 47.4 Å². The number of amides is 1. The molecule has 2 atom stereocenters. The van der Waals surface area contributed by atoms with Crippen molar-refractivity contribution >= 4 is 23.1 Å². The van der Waals surface area contributed by atoms with Gasteiger partial charge in [0, 0.05) is 19.5 Å². The Morgan fingerprint density at radius 1 is 1.24 bits per heavy atom. The Balaban J connectivity index is 2.05. The standard InChI is InChI=1S/C21H21F5N4O3/c1-4-18-28-30(20(32)29(18)3)16-10-17(33-11(2)21(24,25)26)12(9-14(16)23)19(31)27-15-8-6-5-7-13(15)22/h5-11,20,32H,4H2,1-3H3,(H,27,31)/t11-,20-/m0/s1. The van der Waals surface area contributed by atoms with Gasteiger partial charge < -0.3 is 20.1 Å². The Hall–Kier alpha value is -3.41. The number of benzene rings is 2. The number of halogens is 5. The van der Waals surface area contributed by atoms with Crippen molar-refractivity contribution in [3.63, 3.8) is 0 Å². The second kappa shape index (κ2) is 9.22. The summed E-state index contributed by atoms with van der Waals surface area (Å²) >= 11 is 0. The van der Waals surface area contributed by atoms with Crippen LogP contribution < -0.4 is 15.1 Å². The van der Waals surface area contributed by atoms with Gasteiger partial charge in [-0.2, -0.15) is 18.3 Å². The Bertz CT molecular complexity index is 1080. The molecule has 2 aromatic rings. The number of amidine groups is 1. The van der Waals surface area contributed by atoms with E-state index in [0.29, 0.717) is 25.2 Å². The van der Waals surface area contributed by atoms with E-state index in [9.17, 15) is 31.9 Å². The predicted octanol–water partition coefficient (Wildman–Crippen LogP) is 4.30. The highest BCUT2D eigenvalue weighted by Gasteiger charge is 2.39. The molecule has 3 rings (SSSR count). The number of aliphatic hydroxyl groups is 1. The summed E-state index contributed by atoms with van der Waals surface area (Å²) in [4.78, 5) is 14.1. The molecule has 1 aliphatic rings. The van der Waals surface area contributed by atoms with Crippen LogP contribution in [0.3, 0.4) is 0 Å². The zero-order chi connectivity index (χ0) is 24.5. The number of alkyl halides is 3. The van der Waals surface area contributed by atoms with Crippen molar-refractivity contribution in [1.82, 2.24) is 4.90 Å². The number of hydrogen-bond donors (Lipinski definition) is 2. The number of anilines is 2.